The summed E-state index contributed by atoms with van der Waals surface area (Å²) in [6.45, 7) is 9.60. The number of sulfonamides is 1. The molecule has 0 bridgehead atoms. The topological polar surface area (TPSA) is 188 Å². The molecule has 352 valence electrons. The Balaban J connectivity index is 0.933. The van der Waals surface area contributed by atoms with Crippen LogP contribution in [0.5, 0.6) is 11.6 Å². The SMILES string of the molecule is CC1(C)CCC(CN2CCN(c3ccc(C(=O)NS(=O)(=O)c4cc5c(c([N+](=O)[O-])c4)N[C@@H](Cc4ccccn4)CO5)c(N4CCCOc5nc6[nH]ccc6cc54)c3)CC2)=C(c2ccc(Cl)cc2)C1. The van der Waals surface area contributed by atoms with Gasteiger partial charge in [0.05, 0.1) is 33.7 Å². The summed E-state index contributed by atoms with van der Waals surface area (Å²) < 4.78 is 42.6. The van der Waals surface area contributed by atoms with E-state index in [-0.39, 0.29) is 35.1 Å². The number of nitrogens with zero attached hydrogens (tertiary/aromatic N) is 6. The highest BCUT2D eigenvalue weighted by Crippen LogP contribution is 2.45. The number of aromatic amines is 1. The maximum absolute atomic E-state index is 14.5. The van der Waals surface area contributed by atoms with Crippen LogP contribution in [0.2, 0.25) is 5.02 Å². The molecule has 6 aromatic rings. The van der Waals surface area contributed by atoms with Gasteiger partial charge in [-0.1, -0.05) is 49.2 Å². The number of hydrogen-bond donors (Lipinski definition) is 3. The van der Waals surface area contributed by atoms with Crippen molar-refractivity contribution in [1.82, 2.24) is 24.6 Å². The molecule has 0 spiro atoms. The molecule has 1 fully saturated rings. The fraction of sp³-hybridized carbons (Fsp3) is 0.340. The molecule has 3 N–H and O–H groups in total. The first kappa shape index (κ1) is 45.1. The van der Waals surface area contributed by atoms with E-state index in [1.54, 1.807) is 24.5 Å². The Morgan fingerprint density at radius 2 is 1.81 bits per heavy atom. The van der Waals surface area contributed by atoms with Crippen LogP contribution in [0.4, 0.5) is 28.4 Å². The van der Waals surface area contributed by atoms with Gasteiger partial charge in [-0.2, -0.15) is 4.98 Å². The molecular weight excluding hydrogens is 906 g/mol. The number of piperazine rings is 1. The lowest BCUT2D eigenvalue weighted by Gasteiger charge is -2.39. The minimum absolute atomic E-state index is 0.0133. The zero-order valence-electron chi connectivity index (χ0n) is 37.8. The van der Waals surface area contributed by atoms with Crippen LogP contribution in [-0.2, 0) is 16.4 Å². The van der Waals surface area contributed by atoms with Gasteiger partial charge < -0.3 is 29.6 Å². The molecule has 0 unspecified atom stereocenters. The van der Waals surface area contributed by atoms with Crippen LogP contribution in [0.25, 0.3) is 16.6 Å². The number of H-pyrrole nitrogens is 1. The second kappa shape index (κ2) is 18.4. The van der Waals surface area contributed by atoms with Gasteiger partial charge in [0, 0.05) is 92.0 Å². The fourth-order valence-electron chi connectivity index (χ4n) is 9.73. The summed E-state index contributed by atoms with van der Waals surface area (Å²) in [7, 11) is -4.68. The highest BCUT2D eigenvalue weighted by atomic mass is 35.5. The minimum atomic E-state index is -4.68. The van der Waals surface area contributed by atoms with E-state index < -0.39 is 31.4 Å². The van der Waals surface area contributed by atoms with Crippen LogP contribution in [0.1, 0.15) is 61.1 Å². The van der Waals surface area contributed by atoms with Crippen molar-refractivity contribution in [3.05, 3.63) is 135 Å². The normalized spacial score (nSPS) is 18.4. The number of amides is 1. The van der Waals surface area contributed by atoms with Crippen molar-refractivity contribution in [3.8, 4) is 11.6 Å². The Hall–Kier alpha value is -6.69. The number of carbonyl (C=O) groups excluding carboxylic acids is 1. The first-order chi connectivity index (χ1) is 32.8. The molecule has 4 aliphatic rings. The molecule has 3 aliphatic heterocycles. The third-order valence-corrected chi connectivity index (χ3v) is 14.9. The van der Waals surface area contributed by atoms with E-state index in [9.17, 15) is 23.3 Å². The Bertz CT molecular complexity index is 3050. The van der Waals surface area contributed by atoms with Gasteiger partial charge in [-0.25, -0.2) is 13.1 Å². The third-order valence-electron chi connectivity index (χ3n) is 13.3. The average Bonchev–Trinajstić information content (AvgIpc) is 3.69. The number of anilines is 4. The largest absolute Gasteiger partial charge is 0.489 e. The molecule has 1 aliphatic carbocycles. The van der Waals surface area contributed by atoms with Crippen LogP contribution < -0.4 is 29.3 Å². The lowest BCUT2D eigenvalue weighted by Crippen LogP contribution is -2.47. The molecule has 0 saturated carbocycles. The van der Waals surface area contributed by atoms with Gasteiger partial charge in [0.2, 0.25) is 5.88 Å². The van der Waals surface area contributed by atoms with Gasteiger partial charge in [-0.05, 0) is 96.8 Å². The standard InChI is InChI=1S/C50H52ClN9O7S/c1-50(2)15-13-34(41(29-50)32-7-9-35(51)10-8-32)30-57-19-21-58(22-20-57)38-11-12-40(42(26-38)59-18-5-23-66-49-44(59)24-33-14-17-53-47(33)55-49)48(61)56-68(64,65)39-27-43(60(62)63)46-45(28-39)67-31-37(54-46)25-36-6-3-4-16-52-36/h3-4,6-12,14,16-17,24,26-28,37,54H,5,13,15,18-23,25,29-31H2,1-2H3,(H,53,55)(H,56,61)/t37-/m0/s1. The van der Waals surface area contributed by atoms with E-state index in [1.165, 1.54) is 22.8 Å². The van der Waals surface area contributed by atoms with Gasteiger partial charge in [0.1, 0.15) is 17.9 Å². The molecule has 0 radical (unpaired) electrons. The number of benzene rings is 3. The number of hydrogen-bond acceptors (Lipinski definition) is 13. The van der Waals surface area contributed by atoms with Crippen molar-refractivity contribution in [3.63, 3.8) is 0 Å². The highest BCUT2D eigenvalue weighted by molar-refractivity contribution is 7.90. The zero-order chi connectivity index (χ0) is 47.2. The predicted molar refractivity (Wildman–Crippen MR) is 263 cm³/mol. The number of carbonyl (C=O) groups is 1. The van der Waals surface area contributed by atoms with E-state index in [2.05, 4.69) is 55.8 Å². The molecule has 1 amide bonds. The van der Waals surface area contributed by atoms with E-state index in [0.29, 0.717) is 48.9 Å². The second-order valence-electron chi connectivity index (χ2n) is 18.7. The number of allylic oxidation sites excluding steroid dienone is 1. The van der Waals surface area contributed by atoms with Crippen molar-refractivity contribution in [2.45, 2.75) is 56.9 Å². The van der Waals surface area contributed by atoms with Gasteiger partial charge in [-0.15, -0.1) is 0 Å². The summed E-state index contributed by atoms with van der Waals surface area (Å²) in [5, 5.41) is 17.1. The molecule has 1 saturated heterocycles. The van der Waals surface area contributed by atoms with Crippen molar-refractivity contribution < 1.29 is 27.6 Å². The van der Waals surface area contributed by atoms with Gasteiger partial charge in [0.25, 0.3) is 21.6 Å². The Morgan fingerprint density at radius 3 is 2.59 bits per heavy atom. The number of ether oxygens (including phenoxy) is 2. The Kier molecular flexibility index (Phi) is 12.2. The summed E-state index contributed by atoms with van der Waals surface area (Å²) in [5.41, 5.74) is 7.34. The summed E-state index contributed by atoms with van der Waals surface area (Å²) in [6, 6.07) is 24.7. The summed E-state index contributed by atoms with van der Waals surface area (Å²) in [6.07, 6.45) is 7.66. The van der Waals surface area contributed by atoms with Crippen LogP contribution in [-0.4, -0.2) is 97.6 Å². The quantitative estimate of drug-likeness (QED) is 0.0827. The van der Waals surface area contributed by atoms with Crippen LogP contribution in [0, 0.1) is 15.5 Å². The number of fused-ring (bicyclic) bond motifs is 3. The number of pyridine rings is 2. The summed E-state index contributed by atoms with van der Waals surface area (Å²) in [5.74, 6) is -0.541. The van der Waals surface area contributed by atoms with E-state index in [0.717, 1.165) is 79.8 Å². The number of aromatic nitrogens is 3. The first-order valence-electron chi connectivity index (χ1n) is 22.9. The molecule has 1 atom stereocenters. The Morgan fingerprint density at radius 1 is 0.985 bits per heavy atom. The van der Waals surface area contributed by atoms with Crippen molar-refractivity contribution in [1.29, 1.82) is 0 Å². The highest BCUT2D eigenvalue weighted by Gasteiger charge is 2.34. The summed E-state index contributed by atoms with van der Waals surface area (Å²) >= 11 is 6.28. The Labute approximate surface area is 399 Å². The molecule has 10 rings (SSSR count). The average molecular weight is 959 g/mol. The van der Waals surface area contributed by atoms with Gasteiger partial charge in [0.15, 0.2) is 11.4 Å². The molecule has 18 heteroatoms. The van der Waals surface area contributed by atoms with Crippen molar-refractivity contribution in [2.75, 3.05) is 67.6 Å². The summed E-state index contributed by atoms with van der Waals surface area (Å²) in [4.78, 5) is 44.8. The van der Waals surface area contributed by atoms with Crippen LogP contribution in [0.3, 0.4) is 0 Å². The molecule has 16 nitrogen and oxygen atoms in total. The molecule has 6 heterocycles. The number of nitro groups is 1. The molecule has 3 aromatic carbocycles. The third kappa shape index (κ3) is 9.42. The lowest BCUT2D eigenvalue weighted by molar-refractivity contribution is -0.384. The van der Waals surface area contributed by atoms with E-state index in [1.807, 2.05) is 53.4 Å². The monoisotopic (exact) mass is 957 g/mol. The van der Waals surface area contributed by atoms with Crippen LogP contribution in [0.15, 0.2) is 108 Å². The van der Waals surface area contributed by atoms with E-state index in [4.69, 9.17) is 26.1 Å². The zero-order valence-corrected chi connectivity index (χ0v) is 39.4. The maximum Gasteiger partial charge on any atom is 0.297 e. The van der Waals surface area contributed by atoms with E-state index >= 15 is 0 Å². The van der Waals surface area contributed by atoms with Gasteiger partial charge in [-0.3, -0.25) is 24.8 Å². The first-order valence-corrected chi connectivity index (χ1v) is 24.8. The van der Waals surface area contributed by atoms with Crippen LogP contribution >= 0.6 is 11.6 Å². The molecule has 3 aromatic heterocycles. The minimum Gasteiger partial charge on any atom is -0.489 e. The fourth-order valence-corrected chi connectivity index (χ4v) is 10.9. The number of nitro benzene ring substituents is 1. The number of rotatable bonds is 11. The van der Waals surface area contributed by atoms with Crippen molar-refractivity contribution in [2.24, 2.45) is 5.41 Å². The second-order valence-corrected chi connectivity index (χ2v) is 20.8. The number of nitrogens with one attached hydrogen (secondary N) is 3. The van der Waals surface area contributed by atoms with Crippen molar-refractivity contribution >= 4 is 72.6 Å². The van der Waals surface area contributed by atoms with Gasteiger partial charge >= 0.3 is 0 Å². The molecule has 68 heavy (non-hydrogen) atoms. The number of halogens is 1. The lowest BCUT2D eigenvalue weighted by atomic mass is 9.72. The maximum atomic E-state index is 14.5. The smallest absolute Gasteiger partial charge is 0.297 e. The molecular formula is C50H52ClN9O7S. The predicted octanol–water partition coefficient (Wildman–Crippen LogP) is 8.76.